The predicted octanol–water partition coefficient (Wildman–Crippen LogP) is 3.11. The molecule has 1 unspecified atom stereocenters. The Morgan fingerprint density at radius 2 is 2.16 bits per heavy atom. The minimum absolute atomic E-state index is 0.00204. The van der Waals surface area contributed by atoms with Gasteiger partial charge in [-0.1, -0.05) is 6.07 Å². The van der Waals surface area contributed by atoms with Crippen molar-refractivity contribution in [2.24, 2.45) is 0 Å². The average molecular weight is 341 g/mol. The molecule has 0 amide bonds. The molecule has 6 nitrogen and oxygen atoms in total. The van der Waals surface area contributed by atoms with E-state index in [1.54, 1.807) is 23.0 Å². The van der Waals surface area contributed by atoms with Crippen LogP contribution in [0.15, 0.2) is 29.2 Å². The summed E-state index contributed by atoms with van der Waals surface area (Å²) in [4.78, 5) is 19.7. The number of nitrogens with one attached hydrogen (secondary N) is 2. The molecule has 0 fully saturated rings. The summed E-state index contributed by atoms with van der Waals surface area (Å²) in [6.45, 7) is 6.03. The van der Waals surface area contributed by atoms with E-state index in [0.717, 1.165) is 24.0 Å². The summed E-state index contributed by atoms with van der Waals surface area (Å²) in [7, 11) is 0. The fourth-order valence-electron chi connectivity index (χ4n) is 3.38. The number of hydrogen-bond acceptors (Lipinski definition) is 4. The number of H-pyrrole nitrogens is 1. The highest BCUT2D eigenvalue weighted by atomic mass is 19.1. The van der Waals surface area contributed by atoms with Crippen molar-refractivity contribution in [3.8, 4) is 0 Å². The van der Waals surface area contributed by atoms with E-state index in [9.17, 15) is 9.18 Å². The third-order valence-electron chi connectivity index (χ3n) is 4.57. The largest absolute Gasteiger partial charge is 0.349 e. The molecule has 2 N–H and O–H groups in total. The number of fused-ring (bicyclic) bond motifs is 2. The number of nitrogens with zero attached hydrogens (tertiary/aromatic N) is 3. The highest BCUT2D eigenvalue weighted by Crippen LogP contribution is 2.33. The molecule has 0 saturated heterocycles. The van der Waals surface area contributed by atoms with E-state index in [2.05, 4.69) is 20.4 Å². The number of rotatable bonds is 2. The zero-order valence-electron chi connectivity index (χ0n) is 14.4. The first kappa shape index (κ1) is 15.8. The summed E-state index contributed by atoms with van der Waals surface area (Å²) in [6, 6.07) is 4.84. The van der Waals surface area contributed by atoms with Gasteiger partial charge in [-0.3, -0.25) is 9.78 Å². The summed E-state index contributed by atoms with van der Waals surface area (Å²) < 4.78 is 15.1. The number of benzene rings is 1. The molecule has 2 aromatic heterocycles. The van der Waals surface area contributed by atoms with E-state index >= 15 is 0 Å². The van der Waals surface area contributed by atoms with E-state index in [-0.39, 0.29) is 23.0 Å². The third kappa shape index (κ3) is 2.69. The Balaban J connectivity index is 1.73. The molecule has 4 rings (SSSR count). The fourth-order valence-corrected chi connectivity index (χ4v) is 3.38. The lowest BCUT2D eigenvalue weighted by Crippen LogP contribution is -2.24. The zero-order chi connectivity index (χ0) is 17.8. The number of hydrogen-bond donors (Lipinski definition) is 2. The molecule has 0 bridgehead atoms. The van der Waals surface area contributed by atoms with Crippen LogP contribution >= 0.6 is 0 Å². The Bertz CT molecular complexity index is 1010. The smallest absolute Gasteiger partial charge is 0.263 e. The third-order valence-corrected chi connectivity index (χ3v) is 4.57. The predicted molar refractivity (Wildman–Crippen MR) is 94.2 cm³/mol. The molecule has 0 saturated carbocycles. The highest BCUT2D eigenvalue weighted by Gasteiger charge is 2.24. The quantitative estimate of drug-likeness (QED) is 0.751. The topological polar surface area (TPSA) is 75.6 Å². The monoisotopic (exact) mass is 341 g/mol. The van der Waals surface area contributed by atoms with Crippen molar-refractivity contribution in [3.05, 3.63) is 51.7 Å². The Hall–Kier alpha value is -2.70. The van der Waals surface area contributed by atoms with Gasteiger partial charge >= 0.3 is 0 Å². The molecular weight excluding hydrogens is 321 g/mol. The van der Waals surface area contributed by atoms with Crippen molar-refractivity contribution in [1.29, 1.82) is 0 Å². The maximum Gasteiger partial charge on any atom is 0.263 e. The molecule has 1 aliphatic carbocycles. The first-order valence-corrected chi connectivity index (χ1v) is 8.36. The minimum atomic E-state index is -0.280. The second-order valence-corrected chi connectivity index (χ2v) is 7.46. The van der Waals surface area contributed by atoms with Gasteiger partial charge in [-0.25, -0.2) is 9.07 Å². The van der Waals surface area contributed by atoms with Crippen molar-refractivity contribution in [2.75, 3.05) is 5.32 Å². The van der Waals surface area contributed by atoms with Gasteiger partial charge in [-0.15, -0.1) is 0 Å². The molecular formula is C18H20FN5O. The van der Waals surface area contributed by atoms with Crippen LogP contribution in [0.5, 0.6) is 0 Å². The Morgan fingerprint density at radius 1 is 1.36 bits per heavy atom. The summed E-state index contributed by atoms with van der Waals surface area (Å²) >= 11 is 0. The van der Waals surface area contributed by atoms with E-state index in [4.69, 9.17) is 0 Å². The van der Waals surface area contributed by atoms with Crippen LogP contribution in [-0.4, -0.2) is 19.7 Å². The molecule has 7 heteroatoms. The van der Waals surface area contributed by atoms with Gasteiger partial charge in [0.05, 0.1) is 17.8 Å². The minimum Gasteiger partial charge on any atom is -0.349 e. The standard InChI is InChI=1S/C18H20FN5O/c1-18(2,3)24-15-13(9-20-24)16(25)23-17(22-15)21-14-7-4-10-8-11(19)5-6-12(10)14/h5-6,8-9,14H,4,7H2,1-3H3,(H2,21,22,23,25). The number of aromatic amines is 1. The van der Waals surface area contributed by atoms with Crippen LogP contribution in [-0.2, 0) is 12.0 Å². The first-order valence-electron chi connectivity index (χ1n) is 8.36. The summed E-state index contributed by atoms with van der Waals surface area (Å²) in [5.41, 5.74) is 2.10. The second kappa shape index (κ2) is 5.40. The van der Waals surface area contributed by atoms with Gasteiger partial charge in [0.15, 0.2) is 5.65 Å². The zero-order valence-corrected chi connectivity index (χ0v) is 14.4. The number of aromatic nitrogens is 4. The molecule has 3 aromatic rings. The van der Waals surface area contributed by atoms with Crippen LogP contribution < -0.4 is 10.9 Å². The Labute approximate surface area is 144 Å². The van der Waals surface area contributed by atoms with E-state index in [0.29, 0.717) is 17.0 Å². The van der Waals surface area contributed by atoms with Crippen molar-refractivity contribution in [2.45, 2.75) is 45.2 Å². The molecule has 130 valence electrons. The maximum atomic E-state index is 13.4. The summed E-state index contributed by atoms with van der Waals surface area (Å²) in [5.74, 6) is 0.187. The van der Waals surface area contributed by atoms with Crippen molar-refractivity contribution in [1.82, 2.24) is 19.7 Å². The molecule has 0 spiro atoms. The molecule has 1 atom stereocenters. The van der Waals surface area contributed by atoms with Crippen molar-refractivity contribution < 1.29 is 4.39 Å². The lowest BCUT2D eigenvalue weighted by molar-refractivity contribution is 0.366. The van der Waals surface area contributed by atoms with E-state index < -0.39 is 0 Å². The lowest BCUT2D eigenvalue weighted by Gasteiger charge is -2.20. The molecule has 1 aromatic carbocycles. The maximum absolute atomic E-state index is 13.4. The molecule has 0 radical (unpaired) electrons. The fraction of sp³-hybridized carbons (Fsp3) is 0.389. The highest BCUT2D eigenvalue weighted by molar-refractivity contribution is 5.74. The first-order chi connectivity index (χ1) is 11.8. The van der Waals surface area contributed by atoms with Crippen LogP contribution in [0.3, 0.4) is 0 Å². The van der Waals surface area contributed by atoms with Gasteiger partial charge in [0.1, 0.15) is 11.2 Å². The van der Waals surface area contributed by atoms with Gasteiger partial charge in [0, 0.05) is 0 Å². The van der Waals surface area contributed by atoms with Gasteiger partial charge in [-0.05, 0) is 56.9 Å². The molecule has 1 aliphatic rings. The normalized spacial score (nSPS) is 17.0. The van der Waals surface area contributed by atoms with Crippen LogP contribution in [0.2, 0.25) is 0 Å². The number of anilines is 1. The molecule has 2 heterocycles. The number of aryl methyl sites for hydroxylation is 1. The summed E-state index contributed by atoms with van der Waals surface area (Å²) in [5, 5.41) is 8.07. The van der Waals surface area contributed by atoms with E-state index in [1.165, 1.54) is 6.07 Å². The second-order valence-electron chi connectivity index (χ2n) is 7.46. The van der Waals surface area contributed by atoms with Crippen LogP contribution in [0.25, 0.3) is 11.0 Å². The van der Waals surface area contributed by atoms with Gasteiger partial charge in [-0.2, -0.15) is 10.1 Å². The van der Waals surface area contributed by atoms with Crippen molar-refractivity contribution >= 4 is 17.0 Å². The van der Waals surface area contributed by atoms with Gasteiger partial charge in [0.25, 0.3) is 5.56 Å². The Morgan fingerprint density at radius 3 is 2.92 bits per heavy atom. The van der Waals surface area contributed by atoms with Crippen molar-refractivity contribution in [3.63, 3.8) is 0 Å². The van der Waals surface area contributed by atoms with Crippen LogP contribution in [0.4, 0.5) is 10.3 Å². The van der Waals surface area contributed by atoms with Crippen LogP contribution in [0.1, 0.15) is 44.4 Å². The Kier molecular flexibility index (Phi) is 3.42. The number of halogens is 1. The van der Waals surface area contributed by atoms with E-state index in [1.807, 2.05) is 20.8 Å². The lowest BCUT2D eigenvalue weighted by atomic mass is 10.1. The summed E-state index contributed by atoms with van der Waals surface area (Å²) in [6.07, 6.45) is 3.18. The molecule has 0 aliphatic heterocycles. The van der Waals surface area contributed by atoms with Gasteiger partial charge < -0.3 is 5.32 Å². The van der Waals surface area contributed by atoms with Gasteiger partial charge in [0.2, 0.25) is 5.95 Å². The SMILES string of the molecule is CC(C)(C)n1ncc2c(=O)[nH]c(NC3CCc4cc(F)ccc43)nc21. The van der Waals surface area contributed by atoms with Crippen LogP contribution in [0, 0.1) is 5.82 Å². The average Bonchev–Trinajstić information content (AvgIpc) is 3.11. The molecule has 25 heavy (non-hydrogen) atoms.